The molecule has 0 aromatic heterocycles. The maximum Gasteiger partial charge on any atom is 0.318 e. The van der Waals surface area contributed by atoms with Crippen LogP contribution in [0.5, 0.6) is 0 Å². The lowest BCUT2D eigenvalue weighted by Gasteiger charge is -2.27. The van der Waals surface area contributed by atoms with Gasteiger partial charge < -0.3 is 24.4 Å². The van der Waals surface area contributed by atoms with Gasteiger partial charge in [-0.15, -0.1) is 0 Å². The van der Waals surface area contributed by atoms with Crippen molar-refractivity contribution in [2.45, 2.75) is 81.1 Å². The molecule has 0 unspecified atom stereocenters. The number of hydrogen-bond acceptors (Lipinski definition) is 11. The molecule has 11 nitrogen and oxygen atoms in total. The van der Waals surface area contributed by atoms with Gasteiger partial charge in [-0.05, 0) is 111 Å². The molecule has 16 atom stereocenters. The van der Waals surface area contributed by atoms with Gasteiger partial charge >= 0.3 is 35.8 Å². The maximum absolute atomic E-state index is 11.2. The smallest absolute Gasteiger partial charge is 0.318 e. The van der Waals surface area contributed by atoms with Gasteiger partial charge in [0.25, 0.3) is 0 Å². The number of aliphatic hydroxyl groups excluding tert-OH is 2. The summed E-state index contributed by atoms with van der Waals surface area (Å²) in [6, 6.07) is 0. The van der Waals surface area contributed by atoms with Crippen LogP contribution in [0.2, 0.25) is 0 Å². The van der Waals surface area contributed by atoms with Crippen LogP contribution in [-0.4, -0.2) is 59.2 Å². The van der Waals surface area contributed by atoms with Gasteiger partial charge in [0.1, 0.15) is 0 Å². The predicted octanol–water partition coefficient (Wildman–Crippen LogP) is 4.93. The number of fused-ring (bicyclic) bond motifs is 17. The van der Waals surface area contributed by atoms with Crippen molar-refractivity contribution in [2.75, 3.05) is 13.2 Å². The zero-order chi connectivity index (χ0) is 32.7. The van der Waals surface area contributed by atoms with Gasteiger partial charge in [0, 0.05) is 13.2 Å². The third kappa shape index (κ3) is 6.44. The molecule has 6 saturated carbocycles. The van der Waals surface area contributed by atoms with Gasteiger partial charge in [0.05, 0.1) is 35.5 Å². The van der Waals surface area contributed by atoms with Crippen LogP contribution in [0.4, 0.5) is 0 Å². The number of carbonyl (C=O) groups is 6. The second-order valence-corrected chi connectivity index (χ2v) is 15.6. The molecule has 2 N–H and O–H groups in total. The van der Waals surface area contributed by atoms with Crippen LogP contribution in [0.25, 0.3) is 0 Å². The van der Waals surface area contributed by atoms with Crippen LogP contribution >= 0.6 is 0 Å². The van der Waals surface area contributed by atoms with Gasteiger partial charge in [-0.2, -0.15) is 0 Å². The van der Waals surface area contributed by atoms with E-state index in [0.717, 1.165) is 43.9 Å². The first-order valence-corrected chi connectivity index (χ1v) is 17.5. The van der Waals surface area contributed by atoms with E-state index in [0.29, 0.717) is 23.7 Å². The van der Waals surface area contributed by atoms with E-state index < -0.39 is 0 Å². The highest BCUT2D eigenvalue weighted by molar-refractivity contribution is 5.99. The van der Waals surface area contributed by atoms with Crippen molar-refractivity contribution >= 4 is 35.8 Å². The van der Waals surface area contributed by atoms with Crippen molar-refractivity contribution in [3.63, 3.8) is 0 Å². The highest BCUT2D eigenvalue weighted by Crippen LogP contribution is 2.56. The molecular formula is C40H58O11. The summed E-state index contributed by atoms with van der Waals surface area (Å²) in [5.74, 6) is 1.88. The highest BCUT2D eigenvalue weighted by Gasteiger charge is 2.60. The van der Waals surface area contributed by atoms with E-state index in [2.05, 4.69) is 14.2 Å². The third-order valence-corrected chi connectivity index (χ3v) is 13.8. The average Bonchev–Trinajstić information content (AvgIpc) is 3.91. The lowest BCUT2D eigenvalue weighted by Crippen LogP contribution is -2.27. The first-order valence-electron chi connectivity index (χ1n) is 17.5. The number of cyclic esters (lactones) is 6. The number of ether oxygens (including phenoxy) is 3. The molecule has 0 amide bonds. The van der Waals surface area contributed by atoms with Gasteiger partial charge in [0.15, 0.2) is 0 Å². The van der Waals surface area contributed by atoms with Crippen molar-refractivity contribution in [2.24, 2.45) is 94.7 Å². The molecular weight excluding hydrogens is 656 g/mol. The molecule has 0 aromatic rings. The maximum atomic E-state index is 11.2. The zero-order valence-corrected chi connectivity index (χ0v) is 26.2. The molecule has 11 heteroatoms. The number of rotatable bonds is 2. The van der Waals surface area contributed by atoms with Gasteiger partial charge in [-0.3, -0.25) is 28.8 Å². The van der Waals surface area contributed by atoms with Crippen molar-refractivity contribution in [1.82, 2.24) is 0 Å². The van der Waals surface area contributed by atoms with Crippen molar-refractivity contribution < 1.29 is 53.2 Å². The second-order valence-electron chi connectivity index (χ2n) is 15.6. The topological polar surface area (TPSA) is 171 Å². The van der Waals surface area contributed by atoms with E-state index in [1.54, 1.807) is 0 Å². The Labute approximate surface area is 301 Å². The van der Waals surface area contributed by atoms with Crippen LogP contribution in [0.1, 0.15) is 81.1 Å². The Morgan fingerprint density at radius 2 is 0.667 bits per heavy atom. The Balaban J connectivity index is 0.000000149. The number of esters is 6. The normalized spacial score (nSPS) is 44.9. The quantitative estimate of drug-likeness (QED) is 0.172. The minimum absolute atomic E-state index is 0. The SMILES string of the molecule is C.C.C.C.O=C1OC(=O)[C@H]2[C@@H]1[C@@H]1C=C[C@H]2C1.O=C1OC(=O)[C@H]2[C@@H]1[C@H]1C=C[C@@H]2C1.O=C1OC(=O)[C@H]2[C@@H]3CC[C@@H](C3)[C@@H]12.OC[C@@H]1[C@H]2CC[C@H](C2)[C@@H]1CO. The summed E-state index contributed by atoms with van der Waals surface area (Å²) in [6.45, 7) is 0.568. The van der Waals surface area contributed by atoms with Crippen LogP contribution in [0.15, 0.2) is 24.3 Å². The number of carbonyl (C=O) groups excluding carboxylic acids is 6. The fourth-order valence-corrected chi connectivity index (χ4v) is 11.7. The molecule has 0 spiro atoms. The summed E-state index contributed by atoms with van der Waals surface area (Å²) in [7, 11) is 0. The number of hydrogen-bond donors (Lipinski definition) is 2. The molecule has 0 aromatic carbocycles. The minimum atomic E-state index is -0.304. The molecule has 8 bridgehead atoms. The highest BCUT2D eigenvalue weighted by atomic mass is 16.6. The van der Waals surface area contributed by atoms with Crippen molar-refractivity contribution in [3.05, 3.63) is 24.3 Å². The molecule has 51 heavy (non-hydrogen) atoms. The molecule has 11 rings (SSSR count). The summed E-state index contributed by atoms with van der Waals surface area (Å²) in [5.41, 5.74) is 0. The van der Waals surface area contributed by atoms with Crippen molar-refractivity contribution in [3.8, 4) is 0 Å². The van der Waals surface area contributed by atoms with E-state index in [4.69, 9.17) is 10.2 Å². The first kappa shape index (κ1) is 40.6. The van der Waals surface area contributed by atoms with E-state index in [1.165, 1.54) is 19.3 Å². The summed E-state index contributed by atoms with van der Waals surface area (Å²) < 4.78 is 13.8. The Hall–Kier alpha value is -3.18. The van der Waals surface area contributed by atoms with Gasteiger partial charge in [-0.25, -0.2) is 0 Å². The molecule has 3 aliphatic heterocycles. The van der Waals surface area contributed by atoms with E-state index >= 15 is 0 Å². The predicted molar refractivity (Wildman–Crippen MR) is 185 cm³/mol. The van der Waals surface area contributed by atoms with E-state index in [-0.39, 0.29) is 138 Å². The zero-order valence-electron chi connectivity index (χ0n) is 26.2. The number of aliphatic hydroxyl groups is 2. The Morgan fingerprint density at radius 1 is 0.412 bits per heavy atom. The van der Waals surface area contributed by atoms with Crippen LogP contribution in [0.3, 0.4) is 0 Å². The number of allylic oxidation sites excluding steroid dienone is 4. The molecule has 8 aliphatic carbocycles. The largest absolute Gasteiger partial charge is 0.396 e. The summed E-state index contributed by atoms with van der Waals surface area (Å²) in [4.78, 5) is 67.1. The molecule has 0 radical (unpaired) electrons. The molecule has 284 valence electrons. The standard InChI is InChI=1S/C9H10O3.2C9H8O3.C9H16O2.4CH4/c3*10-8-6-4-1-2-5(3-4)7(6)9(11)12-8;10-4-8-6-1-2-7(3-6)9(8)5-11;;;;/h4-7H,1-3H2;2*1-2,4-7H,3H2;6-11H,1-5H2;4*1H4/t2*4-,5+,6+,7-;4-,5+,6-,7+;6-,7+,8+,9-;;;;. The van der Waals surface area contributed by atoms with E-state index in [9.17, 15) is 28.8 Å². The molecule has 3 saturated heterocycles. The van der Waals surface area contributed by atoms with E-state index in [1.807, 2.05) is 24.3 Å². The Kier molecular flexibility index (Phi) is 12.3. The Morgan fingerprint density at radius 3 is 0.961 bits per heavy atom. The summed E-state index contributed by atoms with van der Waals surface area (Å²) >= 11 is 0. The summed E-state index contributed by atoms with van der Waals surface area (Å²) in [6.07, 6.45) is 17.3. The average molecular weight is 715 g/mol. The lowest BCUT2D eigenvalue weighted by atomic mass is 9.80. The monoisotopic (exact) mass is 714 g/mol. The van der Waals surface area contributed by atoms with Crippen molar-refractivity contribution in [1.29, 1.82) is 0 Å². The fourth-order valence-electron chi connectivity index (χ4n) is 11.7. The first-order chi connectivity index (χ1) is 22.7. The molecule has 11 aliphatic rings. The molecule has 3 heterocycles. The Bertz CT molecular complexity index is 1290. The van der Waals surface area contributed by atoms with Crippen LogP contribution in [0, 0.1) is 94.7 Å². The lowest BCUT2D eigenvalue weighted by molar-refractivity contribution is -0.156. The third-order valence-electron chi connectivity index (χ3n) is 13.8. The summed E-state index contributed by atoms with van der Waals surface area (Å²) in [5, 5.41) is 18.2. The molecule has 9 fully saturated rings. The van der Waals surface area contributed by atoms with Gasteiger partial charge in [-0.1, -0.05) is 54.0 Å². The fraction of sp³-hybridized carbons (Fsp3) is 0.750. The minimum Gasteiger partial charge on any atom is -0.396 e. The van der Waals surface area contributed by atoms with Crippen LogP contribution in [-0.2, 0) is 43.0 Å². The van der Waals surface area contributed by atoms with Gasteiger partial charge in [0.2, 0.25) is 0 Å². The second kappa shape index (κ2) is 15.4. The van der Waals surface area contributed by atoms with Crippen LogP contribution < -0.4 is 0 Å².